The van der Waals surface area contributed by atoms with Crippen LogP contribution in [-0.2, 0) is 14.8 Å². The molecule has 0 aliphatic carbocycles. The number of Topliss-reactive ketones (excluding diaryl/α,β-unsaturated/α-hetero) is 1. The van der Waals surface area contributed by atoms with E-state index in [9.17, 15) is 18.0 Å². The van der Waals surface area contributed by atoms with Gasteiger partial charge in [-0.1, -0.05) is 26.0 Å². The van der Waals surface area contributed by atoms with Crippen LogP contribution in [0.25, 0.3) is 0 Å². The van der Waals surface area contributed by atoms with Gasteiger partial charge < -0.3 is 5.32 Å². The second-order valence-electron chi connectivity index (χ2n) is 6.67. The SMILES string of the molecule is CC(=O)c1cccc(S(=O)(=O)NCCC(=O)NC(C)CCC(C)C)c1. The Labute approximate surface area is 150 Å². The number of benzene rings is 1. The largest absolute Gasteiger partial charge is 0.354 e. The molecule has 1 rings (SSSR count). The Morgan fingerprint density at radius 2 is 1.80 bits per heavy atom. The molecular weight excluding hydrogens is 340 g/mol. The van der Waals surface area contributed by atoms with E-state index < -0.39 is 10.0 Å². The summed E-state index contributed by atoms with van der Waals surface area (Å²) in [4.78, 5) is 23.3. The Morgan fingerprint density at radius 3 is 2.40 bits per heavy atom. The topological polar surface area (TPSA) is 92.3 Å². The second-order valence-corrected chi connectivity index (χ2v) is 8.44. The van der Waals surface area contributed by atoms with E-state index in [4.69, 9.17) is 0 Å². The van der Waals surface area contributed by atoms with Gasteiger partial charge in [-0.3, -0.25) is 9.59 Å². The lowest BCUT2D eigenvalue weighted by Gasteiger charge is -2.15. The van der Waals surface area contributed by atoms with E-state index in [-0.39, 0.29) is 35.6 Å². The minimum atomic E-state index is -3.74. The van der Waals surface area contributed by atoms with Crippen molar-refractivity contribution in [3.8, 4) is 0 Å². The maximum atomic E-state index is 12.2. The number of hydrogen-bond acceptors (Lipinski definition) is 4. The minimum absolute atomic E-state index is 0.00929. The van der Waals surface area contributed by atoms with Gasteiger partial charge >= 0.3 is 0 Å². The Bertz CT molecular complexity index is 699. The molecule has 1 aromatic carbocycles. The van der Waals surface area contributed by atoms with Crippen molar-refractivity contribution in [2.45, 2.75) is 57.9 Å². The van der Waals surface area contributed by atoms with Gasteiger partial charge in [0.2, 0.25) is 15.9 Å². The number of rotatable bonds is 10. The van der Waals surface area contributed by atoms with Crippen LogP contribution in [0.1, 0.15) is 57.3 Å². The van der Waals surface area contributed by atoms with Crippen LogP contribution in [0.2, 0.25) is 0 Å². The van der Waals surface area contributed by atoms with Gasteiger partial charge in [0.25, 0.3) is 0 Å². The van der Waals surface area contributed by atoms with Gasteiger partial charge in [0.1, 0.15) is 0 Å². The Morgan fingerprint density at radius 1 is 1.12 bits per heavy atom. The minimum Gasteiger partial charge on any atom is -0.354 e. The molecule has 1 unspecified atom stereocenters. The molecular formula is C18H28N2O4S. The summed E-state index contributed by atoms with van der Waals surface area (Å²) < 4.78 is 26.9. The van der Waals surface area contributed by atoms with E-state index in [0.29, 0.717) is 11.5 Å². The van der Waals surface area contributed by atoms with Gasteiger partial charge in [0.05, 0.1) is 4.90 Å². The summed E-state index contributed by atoms with van der Waals surface area (Å²) in [6.45, 7) is 7.59. The number of hydrogen-bond donors (Lipinski definition) is 2. The average Bonchev–Trinajstić information content (AvgIpc) is 2.52. The standard InChI is InChI=1S/C18H28N2O4S/c1-13(2)8-9-14(3)20-18(22)10-11-19-25(23,24)17-7-5-6-16(12-17)15(4)21/h5-7,12-14,19H,8-11H2,1-4H3,(H,20,22). The summed E-state index contributed by atoms with van der Waals surface area (Å²) in [5, 5.41) is 2.87. The van der Waals surface area contributed by atoms with Crippen molar-refractivity contribution in [3.05, 3.63) is 29.8 Å². The summed E-state index contributed by atoms with van der Waals surface area (Å²) in [5.74, 6) is 0.195. The first-order valence-electron chi connectivity index (χ1n) is 8.52. The second kappa shape index (κ2) is 9.68. The van der Waals surface area contributed by atoms with Crippen LogP contribution in [0.3, 0.4) is 0 Å². The summed E-state index contributed by atoms with van der Waals surface area (Å²) in [5.41, 5.74) is 0.333. The van der Waals surface area contributed by atoms with Crippen LogP contribution in [0, 0.1) is 5.92 Å². The number of nitrogens with one attached hydrogen (secondary N) is 2. The third-order valence-electron chi connectivity index (χ3n) is 3.78. The van der Waals surface area contributed by atoms with Gasteiger partial charge in [-0.15, -0.1) is 0 Å². The molecule has 1 aromatic rings. The van der Waals surface area contributed by atoms with E-state index >= 15 is 0 Å². The molecule has 0 aliphatic rings. The number of carbonyl (C=O) groups excluding carboxylic acids is 2. The van der Waals surface area contributed by atoms with Crippen LogP contribution < -0.4 is 10.0 Å². The van der Waals surface area contributed by atoms with Crippen molar-refractivity contribution in [3.63, 3.8) is 0 Å². The van der Waals surface area contributed by atoms with Gasteiger partial charge in [-0.2, -0.15) is 0 Å². The third kappa shape index (κ3) is 7.79. The highest BCUT2D eigenvalue weighted by Gasteiger charge is 2.16. The fraction of sp³-hybridized carbons (Fsp3) is 0.556. The molecule has 0 saturated carbocycles. The van der Waals surface area contributed by atoms with Crippen molar-refractivity contribution in [2.75, 3.05) is 6.54 Å². The third-order valence-corrected chi connectivity index (χ3v) is 5.24. The lowest BCUT2D eigenvalue weighted by molar-refractivity contribution is -0.121. The predicted molar refractivity (Wildman–Crippen MR) is 97.9 cm³/mol. The molecule has 1 atom stereocenters. The van der Waals surface area contributed by atoms with Crippen LogP contribution in [0.4, 0.5) is 0 Å². The number of amides is 1. The fourth-order valence-corrected chi connectivity index (χ4v) is 3.34. The number of carbonyl (C=O) groups is 2. The summed E-state index contributed by atoms with van der Waals surface area (Å²) in [6, 6.07) is 5.90. The van der Waals surface area contributed by atoms with E-state index in [1.165, 1.54) is 25.1 Å². The van der Waals surface area contributed by atoms with Gasteiger partial charge in [0.15, 0.2) is 5.78 Å². The molecule has 25 heavy (non-hydrogen) atoms. The first kappa shape index (κ1) is 21.3. The monoisotopic (exact) mass is 368 g/mol. The molecule has 6 nitrogen and oxygen atoms in total. The molecule has 7 heteroatoms. The van der Waals surface area contributed by atoms with Crippen molar-refractivity contribution < 1.29 is 18.0 Å². The van der Waals surface area contributed by atoms with Crippen LogP contribution in [0.5, 0.6) is 0 Å². The Kier molecular flexibility index (Phi) is 8.25. The fourth-order valence-electron chi connectivity index (χ4n) is 2.27. The van der Waals surface area contributed by atoms with Crippen LogP contribution in [0.15, 0.2) is 29.2 Å². The molecule has 0 saturated heterocycles. The zero-order chi connectivity index (χ0) is 19.0. The van der Waals surface area contributed by atoms with E-state index in [0.717, 1.165) is 12.8 Å². The summed E-state index contributed by atoms with van der Waals surface area (Å²) in [7, 11) is -3.74. The van der Waals surface area contributed by atoms with Crippen LogP contribution in [-0.4, -0.2) is 32.7 Å². The highest BCUT2D eigenvalue weighted by molar-refractivity contribution is 7.89. The zero-order valence-corrected chi connectivity index (χ0v) is 16.2. The molecule has 0 spiro atoms. The highest BCUT2D eigenvalue weighted by Crippen LogP contribution is 2.12. The lowest BCUT2D eigenvalue weighted by atomic mass is 10.0. The van der Waals surface area contributed by atoms with Crippen molar-refractivity contribution in [2.24, 2.45) is 5.92 Å². The van der Waals surface area contributed by atoms with Gasteiger partial charge in [-0.05, 0) is 44.7 Å². The maximum Gasteiger partial charge on any atom is 0.240 e. The molecule has 0 heterocycles. The molecule has 2 N–H and O–H groups in total. The molecule has 140 valence electrons. The quantitative estimate of drug-likeness (QED) is 0.621. The molecule has 0 aliphatic heterocycles. The van der Waals surface area contributed by atoms with Crippen molar-refractivity contribution >= 4 is 21.7 Å². The van der Waals surface area contributed by atoms with E-state index in [1.54, 1.807) is 6.07 Å². The number of ketones is 1. The predicted octanol–water partition coefficient (Wildman–Crippen LogP) is 2.50. The summed E-state index contributed by atoms with van der Waals surface area (Å²) >= 11 is 0. The maximum absolute atomic E-state index is 12.2. The molecule has 1 amide bonds. The smallest absolute Gasteiger partial charge is 0.240 e. The zero-order valence-electron chi connectivity index (χ0n) is 15.3. The normalized spacial score (nSPS) is 12.8. The first-order chi connectivity index (χ1) is 11.6. The highest BCUT2D eigenvalue weighted by atomic mass is 32.2. The van der Waals surface area contributed by atoms with Crippen molar-refractivity contribution in [1.82, 2.24) is 10.0 Å². The average molecular weight is 368 g/mol. The summed E-state index contributed by atoms with van der Waals surface area (Å²) in [6.07, 6.45) is 1.99. The molecule has 0 aromatic heterocycles. The molecule has 0 fully saturated rings. The molecule has 0 bridgehead atoms. The Hall–Kier alpha value is -1.73. The Balaban J connectivity index is 2.50. The van der Waals surface area contributed by atoms with Gasteiger partial charge in [-0.25, -0.2) is 13.1 Å². The van der Waals surface area contributed by atoms with Crippen LogP contribution >= 0.6 is 0 Å². The lowest BCUT2D eigenvalue weighted by Crippen LogP contribution is -2.35. The van der Waals surface area contributed by atoms with E-state index in [1.807, 2.05) is 6.92 Å². The first-order valence-corrected chi connectivity index (χ1v) is 10.00. The van der Waals surface area contributed by atoms with Gasteiger partial charge in [0, 0.05) is 24.6 Å². The molecule has 0 radical (unpaired) electrons. The van der Waals surface area contributed by atoms with Crippen molar-refractivity contribution in [1.29, 1.82) is 0 Å². The van der Waals surface area contributed by atoms with E-state index in [2.05, 4.69) is 23.9 Å². The number of sulfonamides is 1.